The number of nitrogens with zero attached hydrogens (tertiary/aromatic N) is 4. The number of fused-ring (bicyclic) bond motifs is 4. The molecule has 0 unspecified atom stereocenters. The highest BCUT2D eigenvalue weighted by molar-refractivity contribution is 5.92. The van der Waals surface area contributed by atoms with Crippen molar-refractivity contribution >= 4 is 22.7 Å². The van der Waals surface area contributed by atoms with E-state index >= 15 is 0 Å². The van der Waals surface area contributed by atoms with Crippen molar-refractivity contribution in [3.8, 4) is 11.3 Å². The number of para-hydroxylation sites is 1. The van der Waals surface area contributed by atoms with E-state index < -0.39 is 0 Å². The number of hydrogen-bond acceptors (Lipinski definition) is 6. The molecule has 2 aliphatic rings. The number of hydrogen-bond donors (Lipinski definition) is 2. The van der Waals surface area contributed by atoms with Gasteiger partial charge in [-0.25, -0.2) is 4.98 Å². The molecule has 2 aromatic heterocycles. The predicted molar refractivity (Wildman–Crippen MR) is 184 cm³/mol. The first-order chi connectivity index (χ1) is 21.8. The van der Waals surface area contributed by atoms with E-state index in [0.717, 1.165) is 37.3 Å². The van der Waals surface area contributed by atoms with Gasteiger partial charge < -0.3 is 9.72 Å². The smallest absolute Gasteiger partial charge is 0.275 e. The van der Waals surface area contributed by atoms with Crippen LogP contribution in [0.1, 0.15) is 77.6 Å². The molecule has 45 heavy (non-hydrogen) atoms. The Morgan fingerprint density at radius 1 is 1.13 bits per heavy atom. The van der Waals surface area contributed by atoms with Crippen molar-refractivity contribution in [2.24, 2.45) is 4.99 Å². The van der Waals surface area contributed by atoms with Gasteiger partial charge in [0.25, 0.3) is 11.1 Å². The van der Waals surface area contributed by atoms with Crippen LogP contribution in [0.25, 0.3) is 28.2 Å². The number of aromatic nitrogens is 4. The average Bonchev–Trinajstić information content (AvgIpc) is 3.38. The highest BCUT2D eigenvalue weighted by Crippen LogP contribution is 2.32. The molecule has 1 aromatic carbocycles. The lowest BCUT2D eigenvalue weighted by molar-refractivity contribution is 0.153. The number of ether oxygens (including phenoxy) is 1. The Morgan fingerprint density at radius 2 is 1.96 bits per heavy atom. The maximum Gasteiger partial charge on any atom is 0.275 e. The van der Waals surface area contributed by atoms with Gasteiger partial charge >= 0.3 is 0 Å². The summed E-state index contributed by atoms with van der Waals surface area (Å²) in [5, 5.41) is 3.79. The third-order valence-corrected chi connectivity index (χ3v) is 9.01. The molecule has 1 aliphatic heterocycles. The van der Waals surface area contributed by atoms with Gasteiger partial charge in [-0.05, 0) is 81.9 Å². The van der Waals surface area contributed by atoms with Gasteiger partial charge in [-0.3, -0.25) is 29.3 Å². The SMILES string of the molecule is C=Cc1[nH]c(=O)c2nc1C/C(=C\CC(C)=N/C=C1/CCCC/C1=C(/C)CC)OCCN(CC)CCn1[nH]c3c-2cccc3c1=O. The molecule has 5 rings (SSSR count). The standard InChI is InChI=1S/C36H46N6O3/c1-6-24(4)28-13-10-9-12-26(28)23-37-25(5)16-17-27-22-32-31(7-2)39-35(43)34(38-32)29-14-11-15-30-33(29)40-42(36(30)44)19-18-41(8-3)20-21-45-27/h7,11,14-15,17,23,40H,2,6,8-10,12-13,16,18-22H2,1,3-5H3,(H,39,43)/b26-23-,27-17+,28-24+,37-25?. The quantitative estimate of drug-likeness (QED) is 0.308. The average molecular weight is 611 g/mol. The number of benzene rings is 1. The number of aliphatic imine (C=N–C) groups is 1. The molecule has 3 heterocycles. The van der Waals surface area contributed by atoms with Crippen LogP contribution in [0.15, 0.2) is 74.1 Å². The molecule has 3 aromatic rings. The van der Waals surface area contributed by atoms with Gasteiger partial charge in [0.05, 0.1) is 34.6 Å². The van der Waals surface area contributed by atoms with Gasteiger partial charge in [0.2, 0.25) is 0 Å². The van der Waals surface area contributed by atoms with Crippen molar-refractivity contribution in [2.75, 3.05) is 26.2 Å². The van der Waals surface area contributed by atoms with Crippen molar-refractivity contribution in [1.82, 2.24) is 24.6 Å². The lowest BCUT2D eigenvalue weighted by Gasteiger charge is -2.21. The number of nitrogens with one attached hydrogen (secondary N) is 2. The fourth-order valence-electron chi connectivity index (χ4n) is 6.12. The zero-order chi connectivity index (χ0) is 31.9. The van der Waals surface area contributed by atoms with Crippen molar-refractivity contribution in [3.05, 3.63) is 91.6 Å². The molecular formula is C36H46N6O3. The van der Waals surface area contributed by atoms with E-state index in [9.17, 15) is 9.59 Å². The third kappa shape index (κ3) is 7.36. The molecule has 0 amide bonds. The summed E-state index contributed by atoms with van der Waals surface area (Å²) in [7, 11) is 0. The van der Waals surface area contributed by atoms with Crippen molar-refractivity contribution in [1.29, 1.82) is 0 Å². The first kappa shape index (κ1) is 32.2. The summed E-state index contributed by atoms with van der Waals surface area (Å²) in [6, 6.07) is 5.40. The molecule has 238 valence electrons. The van der Waals surface area contributed by atoms with E-state index in [0.29, 0.717) is 66.9 Å². The van der Waals surface area contributed by atoms with Crippen LogP contribution in [-0.2, 0) is 17.7 Å². The minimum Gasteiger partial charge on any atom is -0.497 e. The fraction of sp³-hybridized carbons (Fsp3) is 0.444. The molecule has 4 bridgehead atoms. The van der Waals surface area contributed by atoms with Crippen LogP contribution < -0.4 is 11.1 Å². The summed E-state index contributed by atoms with van der Waals surface area (Å²) < 4.78 is 8.01. The van der Waals surface area contributed by atoms with E-state index in [2.05, 4.69) is 61.5 Å². The molecule has 2 N–H and O–H groups in total. The molecular weight excluding hydrogens is 564 g/mol. The summed E-state index contributed by atoms with van der Waals surface area (Å²) in [6.07, 6.45) is 12.5. The summed E-state index contributed by atoms with van der Waals surface area (Å²) in [4.78, 5) is 41.4. The summed E-state index contributed by atoms with van der Waals surface area (Å²) >= 11 is 0. The van der Waals surface area contributed by atoms with Crippen LogP contribution >= 0.6 is 0 Å². The molecule has 9 nitrogen and oxygen atoms in total. The summed E-state index contributed by atoms with van der Waals surface area (Å²) in [6.45, 7) is 15.7. The lowest BCUT2D eigenvalue weighted by atomic mass is 9.86. The van der Waals surface area contributed by atoms with E-state index in [1.165, 1.54) is 29.6 Å². The Labute approximate surface area is 265 Å². The topological polar surface area (TPSA) is 108 Å². The van der Waals surface area contributed by atoms with Gasteiger partial charge in [-0.2, -0.15) is 0 Å². The molecule has 0 saturated heterocycles. The van der Waals surface area contributed by atoms with Gasteiger partial charge in [0, 0.05) is 43.4 Å². The Morgan fingerprint density at radius 3 is 2.73 bits per heavy atom. The number of H-pyrrole nitrogens is 2. The minimum absolute atomic E-state index is 0.111. The molecule has 9 heteroatoms. The number of rotatable bonds is 6. The van der Waals surface area contributed by atoms with Crippen LogP contribution in [0.3, 0.4) is 0 Å². The number of aromatic amines is 2. The van der Waals surface area contributed by atoms with Gasteiger partial charge in [0.1, 0.15) is 12.3 Å². The van der Waals surface area contributed by atoms with Crippen LogP contribution in [-0.4, -0.2) is 56.6 Å². The summed E-state index contributed by atoms with van der Waals surface area (Å²) in [5.41, 5.74) is 7.50. The molecule has 0 radical (unpaired) electrons. The van der Waals surface area contributed by atoms with Gasteiger partial charge in [-0.15, -0.1) is 0 Å². The third-order valence-electron chi connectivity index (χ3n) is 9.01. The second-order valence-electron chi connectivity index (χ2n) is 11.9. The first-order valence-electron chi connectivity index (χ1n) is 16.3. The number of allylic oxidation sites excluding steroid dienone is 5. The fourth-order valence-corrected chi connectivity index (χ4v) is 6.12. The second-order valence-corrected chi connectivity index (χ2v) is 11.9. The molecule has 1 aliphatic carbocycles. The lowest BCUT2D eigenvalue weighted by Crippen LogP contribution is -2.33. The maximum atomic E-state index is 13.3. The number of likely N-dealkylation sites (N-methyl/N-ethyl adjacent to an activating group) is 1. The normalized spacial score (nSPS) is 19.9. The van der Waals surface area contributed by atoms with Crippen molar-refractivity contribution in [2.45, 2.75) is 79.2 Å². The minimum atomic E-state index is -0.340. The van der Waals surface area contributed by atoms with E-state index in [4.69, 9.17) is 14.7 Å². The predicted octanol–water partition coefficient (Wildman–Crippen LogP) is 6.54. The largest absolute Gasteiger partial charge is 0.497 e. The van der Waals surface area contributed by atoms with Crippen LogP contribution in [0.5, 0.6) is 0 Å². The molecule has 1 saturated carbocycles. The Balaban J connectivity index is 1.52. The molecule has 1 fully saturated rings. The highest BCUT2D eigenvalue weighted by Gasteiger charge is 2.19. The monoisotopic (exact) mass is 610 g/mol. The molecule has 0 atom stereocenters. The van der Waals surface area contributed by atoms with E-state index in [-0.39, 0.29) is 16.8 Å². The zero-order valence-electron chi connectivity index (χ0n) is 27.2. The van der Waals surface area contributed by atoms with Crippen LogP contribution in [0, 0.1) is 0 Å². The summed E-state index contributed by atoms with van der Waals surface area (Å²) in [5.74, 6) is 0.771. The first-order valence-corrected chi connectivity index (χ1v) is 16.3. The van der Waals surface area contributed by atoms with Crippen molar-refractivity contribution in [3.63, 3.8) is 0 Å². The highest BCUT2D eigenvalue weighted by atomic mass is 16.5. The van der Waals surface area contributed by atoms with E-state index in [1.807, 2.05) is 6.07 Å². The van der Waals surface area contributed by atoms with E-state index in [1.54, 1.807) is 22.9 Å². The van der Waals surface area contributed by atoms with Crippen LogP contribution in [0.4, 0.5) is 0 Å². The van der Waals surface area contributed by atoms with Gasteiger partial charge in [0.15, 0.2) is 0 Å². The van der Waals surface area contributed by atoms with Crippen molar-refractivity contribution < 1.29 is 4.74 Å². The van der Waals surface area contributed by atoms with Gasteiger partial charge in [-0.1, -0.05) is 38.1 Å². The molecule has 0 spiro atoms. The Bertz CT molecular complexity index is 1800. The second kappa shape index (κ2) is 14.7. The Kier molecular flexibility index (Phi) is 10.5. The van der Waals surface area contributed by atoms with Crippen LogP contribution in [0.2, 0.25) is 0 Å². The Hall–Kier alpha value is -4.24. The maximum absolute atomic E-state index is 13.3. The zero-order valence-corrected chi connectivity index (χ0v) is 27.2.